The van der Waals surface area contributed by atoms with Gasteiger partial charge in [-0.2, -0.15) is 30.2 Å². The Morgan fingerprint density at radius 3 is 1.56 bits per heavy atom. The molecule has 4 rings (SSSR count). The van der Waals surface area contributed by atoms with E-state index < -0.39 is 58.6 Å². The number of hydrogen-bond donors (Lipinski definition) is 5. The quantitative estimate of drug-likeness (QED) is 0.0731. The van der Waals surface area contributed by atoms with Crippen molar-refractivity contribution in [2.45, 2.75) is 142 Å². The van der Waals surface area contributed by atoms with E-state index in [0.29, 0.717) is 10.5 Å². The lowest BCUT2D eigenvalue weighted by Crippen LogP contribution is -2.63. The Balaban J connectivity index is 0.000000345. The van der Waals surface area contributed by atoms with Crippen molar-refractivity contribution in [3.8, 4) is 0 Å². The number of piperidine rings is 2. The molecule has 2 fully saturated rings. The summed E-state index contributed by atoms with van der Waals surface area (Å²) in [4.78, 5) is 66.1. The highest BCUT2D eigenvalue weighted by Crippen LogP contribution is 2.29. The number of rotatable bonds is 13. The summed E-state index contributed by atoms with van der Waals surface area (Å²) in [6.45, 7) is 21.3. The number of amides is 3. The first-order chi connectivity index (χ1) is 29.8. The van der Waals surface area contributed by atoms with E-state index in [0.717, 1.165) is 24.6 Å². The summed E-state index contributed by atoms with van der Waals surface area (Å²) in [5, 5.41) is 21.3. The molecular formula is C47H75N5O10S2. The second kappa shape index (κ2) is 26.2. The number of thiol groups is 2. The number of hydrazine groups is 1. The van der Waals surface area contributed by atoms with Crippen LogP contribution >= 0.6 is 25.3 Å². The average molecular weight is 934 g/mol. The number of carboxylic acids is 2. The fourth-order valence-corrected chi connectivity index (χ4v) is 7.66. The molecule has 64 heavy (non-hydrogen) atoms. The SMILES string of the molecule is CC(C)(C)OC(=O)N(C(=O)OC(C)(C)C)[C@@](CS)(Cc1ccccc1)C(=O)O.CC(C)(C)OC(=O)N(Cc1ccccc1)C(CS)C(=O)O.NN1CCC(CCN2CCCCC2)CC1. The number of likely N-dealkylation sites (tertiary alicyclic amines) is 1. The predicted molar refractivity (Wildman–Crippen MR) is 256 cm³/mol. The van der Waals surface area contributed by atoms with Crippen molar-refractivity contribution in [2.24, 2.45) is 11.8 Å². The molecule has 2 aromatic rings. The molecule has 17 heteroatoms. The summed E-state index contributed by atoms with van der Waals surface area (Å²) in [6, 6.07) is 16.8. The van der Waals surface area contributed by atoms with Crippen LogP contribution in [-0.2, 0) is 36.8 Å². The van der Waals surface area contributed by atoms with E-state index in [9.17, 15) is 34.2 Å². The molecule has 0 bridgehead atoms. The summed E-state index contributed by atoms with van der Waals surface area (Å²) < 4.78 is 15.9. The Hall–Kier alpha value is -4.03. The van der Waals surface area contributed by atoms with Crippen LogP contribution in [0, 0.1) is 5.92 Å². The maximum Gasteiger partial charge on any atom is 0.420 e. The Bertz CT molecular complexity index is 1710. The summed E-state index contributed by atoms with van der Waals surface area (Å²) in [6.07, 6.45) is 5.29. The molecule has 15 nitrogen and oxygen atoms in total. The number of hydrogen-bond acceptors (Lipinski definition) is 13. The first-order valence-electron chi connectivity index (χ1n) is 22.0. The molecule has 0 radical (unpaired) electrons. The van der Waals surface area contributed by atoms with Crippen molar-refractivity contribution >= 4 is 55.5 Å². The Morgan fingerprint density at radius 1 is 0.703 bits per heavy atom. The third-order valence-electron chi connectivity index (χ3n) is 10.2. The Morgan fingerprint density at radius 2 is 1.16 bits per heavy atom. The zero-order valence-corrected chi connectivity index (χ0v) is 41.2. The Kier molecular flexibility index (Phi) is 23.0. The van der Waals surface area contributed by atoms with Crippen LogP contribution < -0.4 is 5.84 Å². The van der Waals surface area contributed by atoms with Crippen LogP contribution in [-0.4, -0.2) is 133 Å². The van der Waals surface area contributed by atoms with Crippen molar-refractivity contribution in [3.05, 3.63) is 71.8 Å². The normalized spacial score (nSPS) is 16.6. The van der Waals surface area contributed by atoms with Gasteiger partial charge in [0.2, 0.25) is 0 Å². The van der Waals surface area contributed by atoms with Crippen molar-refractivity contribution in [2.75, 3.05) is 44.2 Å². The molecule has 4 N–H and O–H groups in total. The average Bonchev–Trinajstić information content (AvgIpc) is 3.19. The predicted octanol–water partition coefficient (Wildman–Crippen LogP) is 8.41. The lowest BCUT2D eigenvalue weighted by Gasteiger charge is -2.39. The topological polar surface area (TPSA) is 192 Å². The van der Waals surface area contributed by atoms with Crippen LogP contribution in [0.3, 0.4) is 0 Å². The maximum atomic E-state index is 12.9. The zero-order chi connectivity index (χ0) is 48.3. The number of carbonyl (C=O) groups is 5. The standard InChI is InChI=1S/C20H29NO6S.C15H21NO4S.C12H25N3/c1-18(2,3)26-16(24)21(17(25)27-19(4,5)6)20(13-28,15(22)23)12-14-10-8-7-9-11-14;1-15(2,3)20-14(19)16(12(10-21)13(17)18)9-11-7-5-4-6-8-11;13-15-10-5-12(6-11-15)4-9-14-7-2-1-3-8-14/h7-11,28H,12-13H2,1-6H3,(H,22,23);4-8,12,21H,9-10H2,1-3H3,(H,17,18);12H,1-11,13H2/t20-;;/m1../s1. The minimum absolute atomic E-state index is 0.0153. The van der Waals surface area contributed by atoms with Gasteiger partial charge in [-0.1, -0.05) is 67.1 Å². The minimum atomic E-state index is -1.99. The number of ether oxygens (including phenoxy) is 3. The molecule has 2 aromatic carbocycles. The molecule has 0 spiro atoms. The molecule has 0 saturated carbocycles. The first-order valence-corrected chi connectivity index (χ1v) is 23.3. The van der Waals surface area contributed by atoms with E-state index in [-0.39, 0.29) is 24.5 Å². The number of carboxylic acid groups (broad SMARTS) is 2. The number of aliphatic carboxylic acids is 2. The number of benzene rings is 2. The summed E-state index contributed by atoms with van der Waals surface area (Å²) >= 11 is 8.22. The largest absolute Gasteiger partial charge is 0.480 e. The second-order valence-electron chi connectivity index (χ2n) is 19.3. The molecule has 0 aromatic heterocycles. The molecule has 2 aliphatic heterocycles. The summed E-state index contributed by atoms with van der Waals surface area (Å²) in [5.41, 5.74) is -3.11. The number of nitrogens with two attached hydrogens (primary N) is 1. The highest BCUT2D eigenvalue weighted by atomic mass is 32.1. The van der Waals surface area contributed by atoms with Gasteiger partial charge in [-0.3, -0.25) is 10.7 Å². The summed E-state index contributed by atoms with van der Waals surface area (Å²) in [7, 11) is 0. The van der Waals surface area contributed by atoms with Gasteiger partial charge in [0.1, 0.15) is 22.8 Å². The number of nitrogens with zero attached hydrogens (tertiary/aromatic N) is 4. The van der Waals surface area contributed by atoms with Crippen molar-refractivity contribution in [1.82, 2.24) is 19.7 Å². The van der Waals surface area contributed by atoms with Crippen LogP contribution in [0.4, 0.5) is 14.4 Å². The van der Waals surface area contributed by atoms with Crippen LogP contribution in [0.5, 0.6) is 0 Å². The minimum Gasteiger partial charge on any atom is -0.480 e. The molecule has 1 unspecified atom stereocenters. The van der Waals surface area contributed by atoms with E-state index in [1.165, 1.54) is 63.1 Å². The molecule has 0 aliphatic carbocycles. The van der Waals surface area contributed by atoms with E-state index in [1.54, 1.807) is 92.6 Å². The van der Waals surface area contributed by atoms with Gasteiger partial charge in [0.25, 0.3) is 0 Å². The molecule has 2 saturated heterocycles. The van der Waals surface area contributed by atoms with Crippen molar-refractivity contribution < 1.29 is 48.4 Å². The highest BCUT2D eigenvalue weighted by molar-refractivity contribution is 7.80. The molecule has 360 valence electrons. The van der Waals surface area contributed by atoms with Crippen LogP contribution in [0.25, 0.3) is 0 Å². The number of imide groups is 1. The van der Waals surface area contributed by atoms with Gasteiger partial charge in [0, 0.05) is 37.6 Å². The Labute approximate surface area is 392 Å². The van der Waals surface area contributed by atoms with Gasteiger partial charge >= 0.3 is 30.2 Å². The maximum absolute atomic E-state index is 12.9. The summed E-state index contributed by atoms with van der Waals surface area (Å²) in [5.74, 6) is 3.90. The highest BCUT2D eigenvalue weighted by Gasteiger charge is 2.52. The van der Waals surface area contributed by atoms with E-state index >= 15 is 0 Å². The van der Waals surface area contributed by atoms with Crippen molar-refractivity contribution in [3.63, 3.8) is 0 Å². The van der Waals surface area contributed by atoms with Gasteiger partial charge in [-0.25, -0.2) is 29.0 Å². The number of carbonyl (C=O) groups excluding carboxylic acids is 3. The lowest BCUT2D eigenvalue weighted by molar-refractivity contribution is -0.149. The zero-order valence-electron chi connectivity index (χ0n) is 39.5. The van der Waals surface area contributed by atoms with Gasteiger partial charge in [-0.05, 0) is 131 Å². The van der Waals surface area contributed by atoms with Crippen LogP contribution in [0.1, 0.15) is 112 Å². The van der Waals surface area contributed by atoms with Gasteiger partial charge in [0.05, 0.1) is 0 Å². The molecule has 2 heterocycles. The molecule has 2 aliphatic rings. The van der Waals surface area contributed by atoms with Gasteiger partial charge < -0.3 is 29.3 Å². The third kappa shape index (κ3) is 20.4. The third-order valence-corrected chi connectivity index (χ3v) is 11.1. The molecule has 2 atom stereocenters. The fraction of sp³-hybridized carbons (Fsp3) is 0.638. The van der Waals surface area contributed by atoms with Gasteiger partial charge in [0.15, 0.2) is 5.54 Å². The van der Waals surface area contributed by atoms with E-state index in [1.807, 2.05) is 35.3 Å². The van der Waals surface area contributed by atoms with Gasteiger partial charge in [-0.15, -0.1) is 0 Å². The monoisotopic (exact) mass is 933 g/mol. The van der Waals surface area contributed by atoms with Crippen LogP contribution in [0.15, 0.2) is 60.7 Å². The first kappa shape index (κ1) is 56.1. The molecular weight excluding hydrogens is 859 g/mol. The second-order valence-corrected chi connectivity index (χ2v) is 19.9. The van der Waals surface area contributed by atoms with Crippen LogP contribution in [0.2, 0.25) is 0 Å². The van der Waals surface area contributed by atoms with E-state index in [2.05, 4.69) is 30.2 Å². The fourth-order valence-electron chi connectivity index (χ4n) is 6.92. The molecule has 3 amide bonds. The van der Waals surface area contributed by atoms with Crippen molar-refractivity contribution in [1.29, 1.82) is 0 Å². The van der Waals surface area contributed by atoms with E-state index in [4.69, 9.17) is 20.1 Å². The smallest absolute Gasteiger partial charge is 0.420 e. The lowest BCUT2D eigenvalue weighted by atomic mass is 9.91.